The molecule has 3 atom stereocenters. The molecule has 1 aromatic rings. The van der Waals surface area contributed by atoms with E-state index >= 15 is 0 Å². The second kappa shape index (κ2) is 6.18. The molecule has 3 rings (SSSR count). The molecule has 0 aromatic heterocycles. The molecule has 0 spiro atoms. The van der Waals surface area contributed by atoms with E-state index in [4.69, 9.17) is 0 Å². The van der Waals surface area contributed by atoms with Gasteiger partial charge >= 0.3 is 0 Å². The third kappa shape index (κ3) is 3.01. The van der Waals surface area contributed by atoms with E-state index in [1.807, 2.05) is 12.1 Å². The maximum absolute atomic E-state index is 9.65. The number of nitrogens with one attached hydrogen (secondary N) is 1. The number of hydrogen-bond acceptors (Lipinski definition) is 5. The van der Waals surface area contributed by atoms with E-state index in [0.29, 0.717) is 21.7 Å². The minimum Gasteiger partial charge on any atom is -0.507 e. The second-order valence-corrected chi connectivity index (χ2v) is 7.30. The molecule has 6 heteroatoms. The van der Waals surface area contributed by atoms with Gasteiger partial charge in [-0.1, -0.05) is 46.2 Å². The van der Waals surface area contributed by atoms with Crippen LogP contribution in [0, 0.1) is 0 Å². The number of aromatic hydroxyl groups is 1. The molecule has 1 heterocycles. The average Bonchev–Trinajstić information content (AvgIpc) is 2.85. The zero-order valence-corrected chi connectivity index (χ0v) is 13.3. The van der Waals surface area contributed by atoms with Crippen LogP contribution in [-0.4, -0.2) is 32.6 Å². The van der Waals surface area contributed by atoms with Gasteiger partial charge in [0.05, 0.1) is 12.3 Å². The molecular formula is C14H16BrN3OS. The van der Waals surface area contributed by atoms with Crippen LogP contribution in [-0.2, 0) is 0 Å². The van der Waals surface area contributed by atoms with Crippen molar-refractivity contribution in [3.8, 4) is 5.75 Å². The minimum absolute atomic E-state index is 0.230. The van der Waals surface area contributed by atoms with Crippen LogP contribution >= 0.6 is 27.7 Å². The van der Waals surface area contributed by atoms with Crippen LogP contribution in [0.3, 0.4) is 0 Å². The Bertz CT molecular complexity index is 549. The van der Waals surface area contributed by atoms with Crippen molar-refractivity contribution in [2.24, 2.45) is 10.1 Å². The number of rotatable bonds is 2. The summed E-state index contributed by atoms with van der Waals surface area (Å²) in [5.74, 6) is 0.230. The summed E-state index contributed by atoms with van der Waals surface area (Å²) in [6, 6.07) is 7.53. The van der Waals surface area contributed by atoms with Gasteiger partial charge in [0.1, 0.15) is 5.75 Å². The van der Waals surface area contributed by atoms with Crippen LogP contribution < -0.4 is 5.43 Å². The summed E-state index contributed by atoms with van der Waals surface area (Å²) < 4.78 is 0. The SMILES string of the molecule is Oc1ccccc1/C=N/NC1=NC2CCCC(Br)C2S1. The number of alkyl halides is 1. The van der Waals surface area contributed by atoms with Gasteiger partial charge in [-0.25, -0.2) is 0 Å². The monoisotopic (exact) mass is 353 g/mol. The molecule has 20 heavy (non-hydrogen) atoms. The number of hydrazone groups is 1. The number of phenolic OH excluding ortho intramolecular Hbond substituents is 1. The lowest BCUT2D eigenvalue weighted by Crippen LogP contribution is -2.31. The Kier molecular flexibility index (Phi) is 4.31. The molecule has 0 amide bonds. The number of hydrogen-bond donors (Lipinski definition) is 2. The van der Waals surface area contributed by atoms with E-state index < -0.39 is 0 Å². The quantitative estimate of drug-likeness (QED) is 0.488. The number of aliphatic imine (C=N–C) groups is 1. The number of fused-ring (bicyclic) bond motifs is 1. The standard InChI is InChI=1S/C14H16BrN3OS/c15-10-5-3-6-11-13(10)20-14(17-11)18-16-8-9-4-1-2-7-12(9)19/h1-2,4,7-8,10-11,13,19H,3,5-6H2,(H,17,18)/b16-8+. The molecule has 0 radical (unpaired) electrons. The van der Waals surface area contributed by atoms with Gasteiger partial charge in [-0.05, 0) is 25.0 Å². The maximum atomic E-state index is 9.65. The van der Waals surface area contributed by atoms with Crippen molar-refractivity contribution in [3.05, 3.63) is 29.8 Å². The van der Waals surface area contributed by atoms with Gasteiger partial charge in [0.15, 0.2) is 5.17 Å². The number of benzene rings is 1. The fourth-order valence-electron chi connectivity index (χ4n) is 2.50. The fourth-order valence-corrected chi connectivity index (χ4v) is 4.70. The van der Waals surface area contributed by atoms with Crippen LogP contribution in [0.15, 0.2) is 34.4 Å². The maximum Gasteiger partial charge on any atom is 0.177 e. The van der Waals surface area contributed by atoms with E-state index in [-0.39, 0.29) is 5.75 Å². The van der Waals surface area contributed by atoms with Crippen LogP contribution in [0.4, 0.5) is 0 Å². The van der Waals surface area contributed by atoms with Crippen molar-refractivity contribution in [3.63, 3.8) is 0 Å². The Labute approximate surface area is 130 Å². The Morgan fingerprint density at radius 1 is 1.40 bits per heavy atom. The molecule has 1 fully saturated rings. The molecule has 1 saturated carbocycles. The number of nitrogens with zero attached hydrogens (tertiary/aromatic N) is 2. The number of halogens is 1. The normalized spacial score (nSPS) is 29.2. The average molecular weight is 354 g/mol. The first-order chi connectivity index (χ1) is 9.74. The Morgan fingerprint density at radius 3 is 3.05 bits per heavy atom. The highest BCUT2D eigenvalue weighted by Gasteiger charge is 2.37. The zero-order chi connectivity index (χ0) is 13.9. The topological polar surface area (TPSA) is 57.0 Å². The van der Waals surface area contributed by atoms with Crippen LogP contribution in [0.1, 0.15) is 24.8 Å². The number of amidine groups is 1. The molecule has 1 aliphatic carbocycles. The molecule has 3 unspecified atom stereocenters. The second-order valence-electron chi connectivity index (χ2n) is 4.96. The van der Waals surface area contributed by atoms with Crippen LogP contribution in [0.25, 0.3) is 0 Å². The van der Waals surface area contributed by atoms with Crippen molar-refractivity contribution in [2.75, 3.05) is 0 Å². The molecule has 2 N–H and O–H groups in total. The first-order valence-electron chi connectivity index (χ1n) is 6.69. The van der Waals surface area contributed by atoms with Gasteiger partial charge < -0.3 is 5.11 Å². The predicted octanol–water partition coefficient (Wildman–Crippen LogP) is 3.10. The first kappa shape index (κ1) is 13.9. The van der Waals surface area contributed by atoms with Crippen molar-refractivity contribution < 1.29 is 5.11 Å². The summed E-state index contributed by atoms with van der Waals surface area (Å²) in [5.41, 5.74) is 3.68. The fraction of sp³-hybridized carbons (Fsp3) is 0.429. The zero-order valence-electron chi connectivity index (χ0n) is 10.9. The number of para-hydroxylation sites is 1. The van der Waals surface area contributed by atoms with Crippen molar-refractivity contribution in [1.82, 2.24) is 5.43 Å². The molecule has 1 aliphatic heterocycles. The summed E-state index contributed by atoms with van der Waals surface area (Å²) >= 11 is 5.50. The van der Waals surface area contributed by atoms with Gasteiger partial charge in [0.25, 0.3) is 0 Å². The third-order valence-corrected chi connectivity index (χ3v) is 6.26. The van der Waals surface area contributed by atoms with Crippen molar-refractivity contribution in [2.45, 2.75) is 35.4 Å². The summed E-state index contributed by atoms with van der Waals surface area (Å²) in [4.78, 5) is 5.21. The molecular weight excluding hydrogens is 338 g/mol. The smallest absolute Gasteiger partial charge is 0.177 e. The van der Waals surface area contributed by atoms with Crippen LogP contribution in [0.5, 0.6) is 5.75 Å². The van der Waals surface area contributed by atoms with Crippen molar-refractivity contribution >= 4 is 39.1 Å². The lowest BCUT2D eigenvalue weighted by Gasteiger charge is -2.27. The predicted molar refractivity (Wildman–Crippen MR) is 88.0 cm³/mol. The molecule has 1 aromatic carbocycles. The third-order valence-electron chi connectivity index (χ3n) is 3.55. The molecule has 106 valence electrons. The Hall–Kier alpha value is -1.01. The van der Waals surface area contributed by atoms with E-state index in [9.17, 15) is 5.11 Å². The first-order valence-corrected chi connectivity index (χ1v) is 8.49. The molecule has 0 saturated heterocycles. The Balaban J connectivity index is 1.61. The molecule has 2 aliphatic rings. The molecule has 4 nitrogen and oxygen atoms in total. The van der Waals surface area contributed by atoms with Gasteiger partial charge in [-0.2, -0.15) is 5.10 Å². The Morgan fingerprint density at radius 2 is 2.25 bits per heavy atom. The van der Waals surface area contributed by atoms with Gasteiger partial charge in [0.2, 0.25) is 0 Å². The highest BCUT2D eigenvalue weighted by Crippen LogP contribution is 2.39. The minimum atomic E-state index is 0.230. The molecule has 0 bridgehead atoms. The van der Waals surface area contributed by atoms with E-state index in [2.05, 4.69) is 31.4 Å². The summed E-state index contributed by atoms with van der Waals surface area (Å²) in [5, 5.41) is 15.2. The summed E-state index contributed by atoms with van der Waals surface area (Å²) in [6.45, 7) is 0. The number of phenols is 1. The van der Waals surface area contributed by atoms with Crippen molar-refractivity contribution in [1.29, 1.82) is 0 Å². The van der Waals surface area contributed by atoms with E-state index in [1.54, 1.807) is 30.1 Å². The van der Waals surface area contributed by atoms with E-state index in [0.717, 1.165) is 11.6 Å². The lowest BCUT2D eigenvalue weighted by atomic mass is 9.95. The van der Waals surface area contributed by atoms with Gasteiger partial charge in [0, 0.05) is 15.6 Å². The highest BCUT2D eigenvalue weighted by molar-refractivity contribution is 9.09. The van der Waals surface area contributed by atoms with Gasteiger partial charge in [-0.3, -0.25) is 10.4 Å². The van der Waals surface area contributed by atoms with Crippen LogP contribution in [0.2, 0.25) is 0 Å². The lowest BCUT2D eigenvalue weighted by molar-refractivity contribution is 0.474. The largest absolute Gasteiger partial charge is 0.507 e. The summed E-state index contributed by atoms with van der Waals surface area (Å²) in [7, 11) is 0. The van der Waals surface area contributed by atoms with Gasteiger partial charge in [-0.15, -0.1) is 0 Å². The van der Waals surface area contributed by atoms with E-state index in [1.165, 1.54) is 12.8 Å². The summed E-state index contributed by atoms with van der Waals surface area (Å²) in [6.07, 6.45) is 5.23. The number of thioether (sulfide) groups is 1. The highest BCUT2D eigenvalue weighted by atomic mass is 79.9.